The van der Waals surface area contributed by atoms with Crippen LogP contribution in [0.2, 0.25) is 0 Å². The van der Waals surface area contributed by atoms with E-state index in [1.54, 1.807) is 6.08 Å². The molecule has 0 spiro atoms. The van der Waals surface area contributed by atoms with Crippen LogP contribution in [0.4, 0.5) is 0 Å². The highest BCUT2D eigenvalue weighted by Gasteiger charge is 2.19. The average Bonchev–Trinajstić information content (AvgIpc) is 2.05. The first kappa shape index (κ1) is 12.2. The van der Waals surface area contributed by atoms with Gasteiger partial charge in [0.2, 0.25) is 0 Å². The van der Waals surface area contributed by atoms with Crippen LogP contribution in [-0.2, 0) is 9.53 Å². The Morgan fingerprint density at radius 2 is 2.15 bits per heavy atom. The monoisotopic (exact) mass is 184 g/mol. The summed E-state index contributed by atoms with van der Waals surface area (Å²) >= 11 is 0. The number of esters is 1. The Kier molecular flexibility index (Phi) is 6.29. The molecule has 0 aliphatic heterocycles. The van der Waals surface area contributed by atoms with Gasteiger partial charge in [0, 0.05) is 0 Å². The first-order chi connectivity index (χ1) is 6.13. The summed E-state index contributed by atoms with van der Waals surface area (Å²) < 4.78 is 5.09. The number of hydrogen-bond donors (Lipinski definition) is 0. The van der Waals surface area contributed by atoms with Crippen LogP contribution < -0.4 is 0 Å². The fourth-order valence-corrected chi connectivity index (χ4v) is 1.05. The summed E-state index contributed by atoms with van der Waals surface area (Å²) in [6.45, 7) is 10.2. The van der Waals surface area contributed by atoms with Crippen LogP contribution in [0.15, 0.2) is 12.7 Å². The summed E-state index contributed by atoms with van der Waals surface area (Å²) in [7, 11) is 0. The van der Waals surface area contributed by atoms with Gasteiger partial charge >= 0.3 is 5.97 Å². The molecule has 0 saturated heterocycles. The molecule has 0 saturated carbocycles. The Bertz CT molecular complexity index is 161. The smallest absolute Gasteiger partial charge is 0.313 e. The van der Waals surface area contributed by atoms with E-state index in [0.29, 0.717) is 6.61 Å². The van der Waals surface area contributed by atoms with Crippen molar-refractivity contribution in [3.05, 3.63) is 12.7 Å². The largest absolute Gasteiger partial charge is 0.465 e. The molecule has 0 amide bonds. The van der Waals surface area contributed by atoms with E-state index in [2.05, 4.69) is 13.5 Å². The van der Waals surface area contributed by atoms with E-state index in [9.17, 15) is 4.79 Å². The molecule has 0 heterocycles. The molecule has 0 aromatic carbocycles. The molecule has 0 aromatic heterocycles. The summed E-state index contributed by atoms with van der Waals surface area (Å²) in [6.07, 6.45) is 3.65. The molecule has 0 radical (unpaired) electrons. The van der Waals surface area contributed by atoms with Crippen molar-refractivity contribution in [2.24, 2.45) is 11.8 Å². The molecule has 2 heteroatoms. The molecule has 1 unspecified atom stereocenters. The van der Waals surface area contributed by atoms with Crippen molar-refractivity contribution >= 4 is 5.97 Å². The molecule has 2 nitrogen and oxygen atoms in total. The Hall–Kier alpha value is -0.790. The summed E-state index contributed by atoms with van der Waals surface area (Å²) in [5, 5.41) is 0. The fraction of sp³-hybridized carbons (Fsp3) is 0.727. The summed E-state index contributed by atoms with van der Waals surface area (Å²) in [4.78, 5) is 11.4. The minimum Gasteiger partial charge on any atom is -0.465 e. The second-order valence-corrected chi connectivity index (χ2v) is 3.53. The number of carbonyl (C=O) groups is 1. The molecule has 13 heavy (non-hydrogen) atoms. The van der Waals surface area contributed by atoms with Gasteiger partial charge in [0.15, 0.2) is 0 Å². The van der Waals surface area contributed by atoms with E-state index < -0.39 is 0 Å². The van der Waals surface area contributed by atoms with E-state index >= 15 is 0 Å². The van der Waals surface area contributed by atoms with E-state index in [0.717, 1.165) is 12.8 Å². The highest BCUT2D eigenvalue weighted by atomic mass is 16.5. The van der Waals surface area contributed by atoms with Crippen LogP contribution in [0.5, 0.6) is 0 Å². The van der Waals surface area contributed by atoms with Crippen molar-refractivity contribution in [1.29, 1.82) is 0 Å². The van der Waals surface area contributed by atoms with E-state index in [1.165, 1.54) is 0 Å². The standard InChI is InChI=1S/C11H20O2/c1-5-7-8-13-11(12)10(6-2)9(3)4/h6,9-10H,2,5,7-8H2,1,3-4H3. The average molecular weight is 184 g/mol. The van der Waals surface area contributed by atoms with Crippen molar-refractivity contribution in [2.75, 3.05) is 6.61 Å². The van der Waals surface area contributed by atoms with Crippen molar-refractivity contribution in [2.45, 2.75) is 33.6 Å². The highest BCUT2D eigenvalue weighted by molar-refractivity contribution is 5.74. The molecule has 0 N–H and O–H groups in total. The minimum absolute atomic E-state index is 0.140. The predicted octanol–water partition coefficient (Wildman–Crippen LogP) is 2.79. The molecule has 0 rings (SSSR count). The van der Waals surface area contributed by atoms with Crippen molar-refractivity contribution < 1.29 is 9.53 Å². The van der Waals surface area contributed by atoms with Gasteiger partial charge < -0.3 is 4.74 Å². The Labute approximate surface area is 81.0 Å². The van der Waals surface area contributed by atoms with E-state index in [4.69, 9.17) is 4.74 Å². The molecule has 0 bridgehead atoms. The minimum atomic E-state index is -0.156. The summed E-state index contributed by atoms with van der Waals surface area (Å²) in [5.41, 5.74) is 0. The van der Waals surface area contributed by atoms with Gasteiger partial charge in [-0.3, -0.25) is 4.79 Å². The zero-order valence-corrected chi connectivity index (χ0v) is 8.88. The Morgan fingerprint density at radius 3 is 2.54 bits per heavy atom. The van der Waals surface area contributed by atoms with Crippen LogP contribution in [-0.4, -0.2) is 12.6 Å². The maximum absolute atomic E-state index is 11.4. The second kappa shape index (κ2) is 6.70. The lowest BCUT2D eigenvalue weighted by Crippen LogP contribution is -2.21. The van der Waals surface area contributed by atoms with Gasteiger partial charge in [-0.25, -0.2) is 0 Å². The van der Waals surface area contributed by atoms with Crippen LogP contribution in [0.25, 0.3) is 0 Å². The third kappa shape index (κ3) is 4.71. The van der Waals surface area contributed by atoms with Gasteiger partial charge in [-0.05, 0) is 12.3 Å². The van der Waals surface area contributed by atoms with Gasteiger partial charge in [-0.15, -0.1) is 6.58 Å². The zero-order valence-electron chi connectivity index (χ0n) is 8.88. The van der Waals surface area contributed by atoms with Crippen LogP contribution in [0.3, 0.4) is 0 Å². The molecular formula is C11H20O2. The second-order valence-electron chi connectivity index (χ2n) is 3.53. The Morgan fingerprint density at radius 1 is 1.54 bits per heavy atom. The quantitative estimate of drug-likeness (QED) is 0.360. The lowest BCUT2D eigenvalue weighted by molar-refractivity contribution is -0.148. The molecular weight excluding hydrogens is 164 g/mol. The van der Waals surface area contributed by atoms with Gasteiger partial charge in [-0.1, -0.05) is 33.3 Å². The van der Waals surface area contributed by atoms with E-state index in [-0.39, 0.29) is 17.8 Å². The molecule has 0 aliphatic carbocycles. The number of unbranched alkanes of at least 4 members (excludes halogenated alkanes) is 1. The first-order valence-electron chi connectivity index (χ1n) is 4.92. The maximum atomic E-state index is 11.4. The fourth-order valence-electron chi connectivity index (χ4n) is 1.05. The topological polar surface area (TPSA) is 26.3 Å². The summed E-state index contributed by atoms with van der Waals surface area (Å²) in [5.74, 6) is -0.0260. The Balaban J connectivity index is 3.85. The molecule has 76 valence electrons. The lowest BCUT2D eigenvalue weighted by atomic mass is 9.96. The number of ether oxygens (including phenoxy) is 1. The predicted molar refractivity (Wildman–Crippen MR) is 54.4 cm³/mol. The first-order valence-corrected chi connectivity index (χ1v) is 4.92. The van der Waals surface area contributed by atoms with Gasteiger partial charge in [0.25, 0.3) is 0 Å². The van der Waals surface area contributed by atoms with Gasteiger partial charge in [0.05, 0.1) is 12.5 Å². The van der Waals surface area contributed by atoms with Crippen molar-refractivity contribution in [3.63, 3.8) is 0 Å². The van der Waals surface area contributed by atoms with Crippen LogP contribution >= 0.6 is 0 Å². The van der Waals surface area contributed by atoms with Gasteiger partial charge in [0.1, 0.15) is 0 Å². The molecule has 0 aromatic rings. The number of hydrogen-bond acceptors (Lipinski definition) is 2. The number of rotatable bonds is 6. The van der Waals surface area contributed by atoms with Crippen LogP contribution in [0.1, 0.15) is 33.6 Å². The van der Waals surface area contributed by atoms with Crippen molar-refractivity contribution in [3.8, 4) is 0 Å². The highest BCUT2D eigenvalue weighted by Crippen LogP contribution is 2.13. The molecule has 1 atom stereocenters. The summed E-state index contributed by atoms with van der Waals surface area (Å²) in [6, 6.07) is 0. The van der Waals surface area contributed by atoms with Crippen molar-refractivity contribution in [1.82, 2.24) is 0 Å². The molecule has 0 fully saturated rings. The third-order valence-electron chi connectivity index (χ3n) is 1.99. The maximum Gasteiger partial charge on any atom is 0.313 e. The van der Waals surface area contributed by atoms with Crippen LogP contribution in [0, 0.1) is 11.8 Å². The lowest BCUT2D eigenvalue weighted by Gasteiger charge is -2.14. The van der Waals surface area contributed by atoms with Gasteiger partial charge in [-0.2, -0.15) is 0 Å². The third-order valence-corrected chi connectivity index (χ3v) is 1.99. The normalized spacial score (nSPS) is 12.6. The zero-order chi connectivity index (χ0) is 10.3. The number of carbonyl (C=O) groups excluding carboxylic acids is 1. The molecule has 0 aliphatic rings. The SMILES string of the molecule is C=CC(C(=O)OCCCC)C(C)C. The van der Waals surface area contributed by atoms with E-state index in [1.807, 2.05) is 13.8 Å².